The highest BCUT2D eigenvalue weighted by Crippen LogP contribution is 2.31. The molecule has 1 aliphatic carbocycles. The van der Waals surface area contributed by atoms with Crippen LogP contribution >= 0.6 is 0 Å². The molecular weight excluding hydrogens is 374 g/mol. The maximum Gasteiger partial charge on any atom is 0.285 e. The fourth-order valence-corrected chi connectivity index (χ4v) is 6.14. The monoisotopic (exact) mass is 403 g/mol. The zero-order valence-electron chi connectivity index (χ0n) is 16.5. The largest absolute Gasteiger partial charge is 0.355 e. The van der Waals surface area contributed by atoms with Crippen molar-refractivity contribution in [2.24, 2.45) is 10.3 Å². The minimum Gasteiger partial charge on any atom is -0.355 e. The highest BCUT2D eigenvalue weighted by Gasteiger charge is 2.37. The SMILES string of the molecule is CCN(C(=O)C1CCCN(C2=NS(=O)(=O)c3ccccc32)C1)C1CCCCC1. The number of benzene rings is 1. The minimum absolute atomic E-state index is 0.0891. The van der Waals surface area contributed by atoms with Crippen molar-refractivity contribution in [3.8, 4) is 0 Å². The molecule has 6 nitrogen and oxygen atoms in total. The normalized spacial score (nSPS) is 24.5. The number of fused-ring (bicyclic) bond motifs is 1. The van der Waals surface area contributed by atoms with Gasteiger partial charge < -0.3 is 9.80 Å². The van der Waals surface area contributed by atoms with Gasteiger partial charge in [0.15, 0.2) is 5.84 Å². The van der Waals surface area contributed by atoms with E-state index < -0.39 is 10.0 Å². The molecule has 28 heavy (non-hydrogen) atoms. The van der Waals surface area contributed by atoms with Crippen molar-refractivity contribution in [1.29, 1.82) is 0 Å². The Morgan fingerprint density at radius 2 is 1.89 bits per heavy atom. The first kappa shape index (κ1) is 19.4. The number of rotatable bonds is 3. The van der Waals surface area contributed by atoms with E-state index in [0.29, 0.717) is 24.0 Å². The Kier molecular flexibility index (Phi) is 5.45. The van der Waals surface area contributed by atoms with Crippen molar-refractivity contribution < 1.29 is 13.2 Å². The number of piperidine rings is 1. The summed E-state index contributed by atoms with van der Waals surface area (Å²) in [6, 6.07) is 7.34. The van der Waals surface area contributed by atoms with Crippen LogP contribution in [0.5, 0.6) is 0 Å². The molecule has 2 heterocycles. The second-order valence-electron chi connectivity index (χ2n) is 8.09. The number of hydrogen-bond donors (Lipinski definition) is 0. The van der Waals surface area contributed by atoms with Gasteiger partial charge in [-0.05, 0) is 44.7 Å². The third kappa shape index (κ3) is 3.56. The predicted octanol–water partition coefficient (Wildman–Crippen LogP) is 3.03. The summed E-state index contributed by atoms with van der Waals surface area (Å²) in [4.78, 5) is 17.7. The molecule has 7 heteroatoms. The number of amidine groups is 1. The van der Waals surface area contributed by atoms with Gasteiger partial charge in [0.2, 0.25) is 5.91 Å². The lowest BCUT2D eigenvalue weighted by atomic mass is 9.91. The van der Waals surface area contributed by atoms with Gasteiger partial charge in [-0.1, -0.05) is 31.4 Å². The molecular formula is C21H29N3O3S. The average molecular weight is 404 g/mol. The van der Waals surface area contributed by atoms with Crippen LogP contribution in [0, 0.1) is 5.92 Å². The molecule has 3 aliphatic rings. The molecule has 0 spiro atoms. The first-order valence-corrected chi connectivity index (χ1v) is 11.9. The van der Waals surface area contributed by atoms with Gasteiger partial charge in [0.05, 0.1) is 5.92 Å². The zero-order valence-corrected chi connectivity index (χ0v) is 17.3. The molecule has 1 saturated heterocycles. The highest BCUT2D eigenvalue weighted by atomic mass is 32.2. The number of nitrogens with zero attached hydrogens (tertiary/aromatic N) is 3. The minimum atomic E-state index is -3.63. The van der Waals surface area contributed by atoms with Crippen molar-refractivity contribution in [3.63, 3.8) is 0 Å². The first-order chi connectivity index (χ1) is 13.5. The Hall–Kier alpha value is -1.89. The maximum atomic E-state index is 13.3. The number of sulfonamides is 1. The second-order valence-corrected chi connectivity index (χ2v) is 9.66. The lowest BCUT2D eigenvalue weighted by Crippen LogP contribution is -2.50. The predicted molar refractivity (Wildman–Crippen MR) is 109 cm³/mol. The topological polar surface area (TPSA) is 70.1 Å². The van der Waals surface area contributed by atoms with Gasteiger partial charge in [0, 0.05) is 31.2 Å². The Morgan fingerprint density at radius 3 is 2.64 bits per heavy atom. The summed E-state index contributed by atoms with van der Waals surface area (Å²) in [5, 5.41) is 0. The molecule has 1 saturated carbocycles. The van der Waals surface area contributed by atoms with Gasteiger partial charge in [0.25, 0.3) is 10.0 Å². The number of carbonyl (C=O) groups excluding carboxylic acids is 1. The maximum absolute atomic E-state index is 13.3. The van der Waals surface area contributed by atoms with Crippen molar-refractivity contribution in [2.45, 2.75) is 62.8 Å². The van der Waals surface area contributed by atoms with Crippen LogP contribution in [0.4, 0.5) is 0 Å². The molecule has 1 amide bonds. The van der Waals surface area contributed by atoms with E-state index >= 15 is 0 Å². The molecule has 1 atom stereocenters. The molecule has 0 aromatic heterocycles. The highest BCUT2D eigenvalue weighted by molar-refractivity contribution is 7.90. The van der Waals surface area contributed by atoms with Crippen LogP contribution in [0.2, 0.25) is 0 Å². The van der Waals surface area contributed by atoms with Gasteiger partial charge in [-0.3, -0.25) is 4.79 Å². The van der Waals surface area contributed by atoms with Crippen LogP contribution in [-0.2, 0) is 14.8 Å². The molecule has 4 rings (SSSR count). The lowest BCUT2D eigenvalue weighted by molar-refractivity contribution is -0.139. The molecule has 2 fully saturated rings. The third-order valence-corrected chi connectivity index (χ3v) is 7.65. The van der Waals surface area contributed by atoms with Gasteiger partial charge >= 0.3 is 0 Å². The Balaban J connectivity index is 1.53. The summed E-state index contributed by atoms with van der Waals surface area (Å²) in [5.41, 5.74) is 0.662. The van der Waals surface area contributed by atoms with Crippen molar-refractivity contribution in [2.75, 3.05) is 19.6 Å². The van der Waals surface area contributed by atoms with E-state index in [1.807, 2.05) is 17.0 Å². The van der Waals surface area contributed by atoms with E-state index in [1.165, 1.54) is 19.3 Å². The molecule has 1 aromatic rings. The molecule has 0 bridgehead atoms. The van der Waals surface area contributed by atoms with E-state index in [-0.39, 0.29) is 16.7 Å². The van der Waals surface area contributed by atoms with Gasteiger partial charge in [-0.25, -0.2) is 0 Å². The quantitative estimate of drug-likeness (QED) is 0.778. The molecule has 152 valence electrons. The van der Waals surface area contributed by atoms with Crippen LogP contribution in [0.15, 0.2) is 33.6 Å². The van der Waals surface area contributed by atoms with E-state index in [1.54, 1.807) is 12.1 Å². The second kappa shape index (κ2) is 7.85. The van der Waals surface area contributed by atoms with Crippen molar-refractivity contribution in [3.05, 3.63) is 29.8 Å². The van der Waals surface area contributed by atoms with Gasteiger partial charge in [-0.2, -0.15) is 8.42 Å². The number of likely N-dealkylation sites (tertiary alicyclic amines) is 1. The first-order valence-electron chi connectivity index (χ1n) is 10.5. The number of amides is 1. The van der Waals surface area contributed by atoms with Crippen molar-refractivity contribution in [1.82, 2.24) is 9.80 Å². The summed E-state index contributed by atoms with van der Waals surface area (Å²) < 4.78 is 28.8. The zero-order chi connectivity index (χ0) is 19.7. The van der Waals surface area contributed by atoms with Crippen molar-refractivity contribution >= 4 is 21.8 Å². The van der Waals surface area contributed by atoms with E-state index in [0.717, 1.165) is 38.8 Å². The van der Waals surface area contributed by atoms with Crippen LogP contribution in [0.3, 0.4) is 0 Å². The Morgan fingerprint density at radius 1 is 1.14 bits per heavy atom. The summed E-state index contributed by atoms with van der Waals surface area (Å²) in [7, 11) is -3.63. The van der Waals surface area contributed by atoms with Crippen LogP contribution in [0.1, 0.15) is 57.4 Å². The summed E-state index contributed by atoms with van der Waals surface area (Å²) in [6.45, 7) is 4.10. The van der Waals surface area contributed by atoms with E-state index in [9.17, 15) is 13.2 Å². The molecule has 1 unspecified atom stereocenters. The molecule has 0 N–H and O–H groups in total. The third-order valence-electron chi connectivity index (χ3n) is 6.32. The van der Waals surface area contributed by atoms with Gasteiger partial charge in [-0.15, -0.1) is 4.40 Å². The fraction of sp³-hybridized carbons (Fsp3) is 0.619. The summed E-state index contributed by atoms with van der Waals surface area (Å²) >= 11 is 0. The molecule has 1 aromatic carbocycles. The standard InChI is InChI=1S/C21H29N3O3S/c1-2-24(17-10-4-3-5-11-17)21(25)16-9-8-14-23(15-16)20-18-12-6-7-13-19(18)28(26,27)22-20/h6-7,12-13,16-17H,2-5,8-11,14-15H2,1H3. The van der Waals surface area contributed by atoms with Crippen LogP contribution in [-0.4, -0.2) is 55.6 Å². The van der Waals surface area contributed by atoms with Gasteiger partial charge in [0.1, 0.15) is 4.90 Å². The average Bonchev–Trinajstić information content (AvgIpc) is 3.01. The van der Waals surface area contributed by atoms with Crippen LogP contribution in [0.25, 0.3) is 0 Å². The number of hydrogen-bond acceptors (Lipinski definition) is 4. The summed E-state index contributed by atoms with van der Waals surface area (Å²) in [5.74, 6) is 0.649. The molecule has 0 radical (unpaired) electrons. The fourth-order valence-electron chi connectivity index (χ4n) is 4.91. The van der Waals surface area contributed by atoms with E-state index in [2.05, 4.69) is 16.2 Å². The Bertz CT molecular complexity index is 875. The Labute approximate surface area is 167 Å². The van der Waals surface area contributed by atoms with E-state index in [4.69, 9.17) is 0 Å². The smallest absolute Gasteiger partial charge is 0.285 e. The van der Waals surface area contributed by atoms with Crippen LogP contribution < -0.4 is 0 Å². The lowest BCUT2D eigenvalue weighted by Gasteiger charge is -2.39. The molecule has 2 aliphatic heterocycles. The number of carbonyl (C=O) groups is 1. The summed E-state index contributed by atoms with van der Waals surface area (Å²) in [6.07, 6.45) is 7.63.